The molecule has 1 fully saturated rings. The van der Waals surface area contributed by atoms with Crippen LogP contribution in [0.25, 0.3) is 21.3 Å². The van der Waals surface area contributed by atoms with Crippen LogP contribution in [0.4, 0.5) is 5.95 Å². The molecule has 2 aromatic heterocycles. The van der Waals surface area contributed by atoms with Gasteiger partial charge in [-0.3, -0.25) is 14.6 Å². The summed E-state index contributed by atoms with van der Waals surface area (Å²) in [6, 6.07) is 8.22. The van der Waals surface area contributed by atoms with Crippen molar-refractivity contribution in [3.63, 3.8) is 0 Å². The number of carbonyl (C=O) groups excluding carboxylic acids is 1. The summed E-state index contributed by atoms with van der Waals surface area (Å²) in [5.74, 6) is 0.165. The zero-order valence-corrected chi connectivity index (χ0v) is 16.8. The average molecular weight is 398 g/mol. The highest BCUT2D eigenvalue weighted by Crippen LogP contribution is 2.32. The first-order valence-corrected chi connectivity index (χ1v) is 10.4. The quantitative estimate of drug-likeness (QED) is 0.679. The molecule has 1 N–H and O–H groups in total. The normalized spacial score (nSPS) is 17.1. The van der Waals surface area contributed by atoms with E-state index < -0.39 is 0 Å². The van der Waals surface area contributed by atoms with Crippen molar-refractivity contribution in [1.29, 1.82) is 0 Å². The second-order valence-corrected chi connectivity index (χ2v) is 8.00. The Kier molecular flexibility index (Phi) is 5.17. The highest BCUT2D eigenvalue weighted by molar-refractivity contribution is 7.17. The highest BCUT2D eigenvalue weighted by atomic mass is 32.1. The summed E-state index contributed by atoms with van der Waals surface area (Å²) >= 11 is 1.41. The van der Waals surface area contributed by atoms with Gasteiger partial charge in [-0.25, -0.2) is 4.98 Å². The van der Waals surface area contributed by atoms with Gasteiger partial charge in [-0.2, -0.15) is 0 Å². The van der Waals surface area contributed by atoms with Crippen LogP contribution in [0.1, 0.15) is 25.3 Å². The lowest BCUT2D eigenvalue weighted by Gasteiger charge is -2.31. The molecule has 0 spiro atoms. The van der Waals surface area contributed by atoms with E-state index in [0.29, 0.717) is 29.3 Å². The molecule has 4 rings (SSSR count). The molecule has 0 amide bonds. The Hall–Kier alpha value is -2.67. The number of piperidine rings is 1. The summed E-state index contributed by atoms with van der Waals surface area (Å²) in [5, 5.41) is 1.99. The Labute approximate surface area is 167 Å². The number of anilines is 1. The van der Waals surface area contributed by atoms with Crippen LogP contribution in [0.15, 0.2) is 34.4 Å². The Morgan fingerprint density at radius 2 is 2.14 bits per heavy atom. The third-order valence-electron chi connectivity index (χ3n) is 5.12. The molecular weight excluding hydrogens is 374 g/mol. The first-order chi connectivity index (χ1) is 13.6. The number of thiophene rings is 1. The number of nitrogens with zero attached hydrogens (tertiary/aromatic N) is 2. The van der Waals surface area contributed by atoms with Crippen LogP contribution in [-0.4, -0.2) is 35.6 Å². The molecule has 0 saturated carbocycles. The number of carbonyl (C=O) groups is 1. The molecule has 1 aliphatic rings. The Morgan fingerprint density at radius 1 is 1.36 bits per heavy atom. The standard InChI is InChI=1S/C21H23N3O3S/c1-3-27-20(26)15-5-4-10-24(11-15)21-22-17-16(12-28-18(17)19(25)23-21)14-8-6-13(2)7-9-14/h6-9,12,15H,3-5,10-11H2,1-2H3,(H,22,23,25). The summed E-state index contributed by atoms with van der Waals surface area (Å²) < 4.78 is 5.80. The summed E-state index contributed by atoms with van der Waals surface area (Å²) in [6.07, 6.45) is 1.66. The average Bonchev–Trinajstić information content (AvgIpc) is 3.13. The summed E-state index contributed by atoms with van der Waals surface area (Å²) in [6.45, 7) is 5.51. The molecule has 1 atom stereocenters. The van der Waals surface area contributed by atoms with E-state index in [1.54, 1.807) is 0 Å². The minimum atomic E-state index is -0.186. The maximum atomic E-state index is 12.7. The number of esters is 1. The van der Waals surface area contributed by atoms with Crippen LogP contribution >= 0.6 is 11.3 Å². The predicted molar refractivity (Wildman–Crippen MR) is 112 cm³/mol. The van der Waals surface area contributed by atoms with Crippen molar-refractivity contribution < 1.29 is 9.53 Å². The molecule has 28 heavy (non-hydrogen) atoms. The zero-order chi connectivity index (χ0) is 19.7. The van der Waals surface area contributed by atoms with Gasteiger partial charge in [0, 0.05) is 24.0 Å². The number of benzene rings is 1. The highest BCUT2D eigenvalue weighted by Gasteiger charge is 2.28. The number of fused-ring (bicyclic) bond motifs is 1. The molecule has 1 aromatic carbocycles. The fourth-order valence-electron chi connectivity index (χ4n) is 3.63. The largest absolute Gasteiger partial charge is 0.466 e. The predicted octanol–water partition coefficient (Wildman–Crippen LogP) is 3.74. The van der Waals surface area contributed by atoms with E-state index in [1.807, 2.05) is 24.1 Å². The number of ether oxygens (including phenoxy) is 1. The van der Waals surface area contributed by atoms with Gasteiger partial charge in [-0.1, -0.05) is 29.8 Å². The molecule has 1 aliphatic heterocycles. The van der Waals surface area contributed by atoms with E-state index in [9.17, 15) is 9.59 Å². The second-order valence-electron chi connectivity index (χ2n) is 7.12. The van der Waals surface area contributed by atoms with Gasteiger partial charge in [0.25, 0.3) is 5.56 Å². The number of aryl methyl sites for hydroxylation is 1. The third kappa shape index (κ3) is 3.54. The van der Waals surface area contributed by atoms with Crippen LogP contribution < -0.4 is 10.5 Å². The minimum absolute atomic E-state index is 0.137. The van der Waals surface area contributed by atoms with Crippen LogP contribution in [0, 0.1) is 12.8 Å². The second kappa shape index (κ2) is 7.75. The molecule has 3 aromatic rings. The van der Waals surface area contributed by atoms with Crippen molar-refractivity contribution in [2.75, 3.05) is 24.6 Å². The molecule has 0 bridgehead atoms. The van der Waals surface area contributed by atoms with E-state index in [0.717, 1.165) is 30.5 Å². The lowest BCUT2D eigenvalue weighted by molar-refractivity contribution is -0.148. The Balaban J connectivity index is 1.70. The topological polar surface area (TPSA) is 75.3 Å². The number of hydrogen-bond acceptors (Lipinski definition) is 6. The van der Waals surface area contributed by atoms with Crippen molar-refractivity contribution in [1.82, 2.24) is 9.97 Å². The van der Waals surface area contributed by atoms with E-state index in [1.165, 1.54) is 16.9 Å². The van der Waals surface area contributed by atoms with E-state index >= 15 is 0 Å². The molecule has 7 heteroatoms. The van der Waals surface area contributed by atoms with Crippen molar-refractivity contribution in [3.05, 3.63) is 45.6 Å². The summed E-state index contributed by atoms with van der Waals surface area (Å²) in [4.78, 5) is 34.5. The van der Waals surface area contributed by atoms with Crippen LogP contribution in [0.3, 0.4) is 0 Å². The monoisotopic (exact) mass is 397 g/mol. The van der Waals surface area contributed by atoms with Crippen LogP contribution in [0.5, 0.6) is 0 Å². The smallest absolute Gasteiger partial charge is 0.310 e. The molecule has 3 heterocycles. The molecule has 6 nitrogen and oxygen atoms in total. The van der Waals surface area contributed by atoms with Gasteiger partial charge in [0.1, 0.15) is 4.70 Å². The van der Waals surface area contributed by atoms with Gasteiger partial charge in [-0.05, 0) is 32.3 Å². The lowest BCUT2D eigenvalue weighted by Crippen LogP contribution is -2.40. The number of aromatic amines is 1. The first kappa shape index (κ1) is 18.7. The molecule has 1 saturated heterocycles. The number of hydrogen-bond donors (Lipinski definition) is 1. The van der Waals surface area contributed by atoms with Gasteiger partial charge in [-0.15, -0.1) is 11.3 Å². The Bertz CT molecular complexity index is 1050. The van der Waals surface area contributed by atoms with Crippen LogP contribution in [-0.2, 0) is 9.53 Å². The van der Waals surface area contributed by atoms with Crippen molar-refractivity contribution in [2.45, 2.75) is 26.7 Å². The minimum Gasteiger partial charge on any atom is -0.466 e. The Morgan fingerprint density at radius 3 is 2.89 bits per heavy atom. The first-order valence-electron chi connectivity index (χ1n) is 9.57. The zero-order valence-electron chi connectivity index (χ0n) is 16.0. The number of rotatable bonds is 4. The fraction of sp³-hybridized carbons (Fsp3) is 0.381. The van der Waals surface area contributed by atoms with Crippen LogP contribution in [0.2, 0.25) is 0 Å². The number of aromatic nitrogens is 2. The van der Waals surface area contributed by atoms with Gasteiger partial charge in [0.05, 0.1) is 18.0 Å². The number of nitrogens with one attached hydrogen (secondary N) is 1. The van der Waals surface area contributed by atoms with Gasteiger partial charge < -0.3 is 9.64 Å². The number of H-pyrrole nitrogens is 1. The van der Waals surface area contributed by atoms with Crippen molar-refractivity contribution >= 4 is 33.5 Å². The molecule has 146 valence electrons. The molecule has 0 aliphatic carbocycles. The summed E-state index contributed by atoms with van der Waals surface area (Å²) in [5.41, 5.74) is 3.77. The SMILES string of the molecule is CCOC(=O)C1CCCN(c2nc3c(-c4ccc(C)cc4)csc3c(=O)[nH]2)C1. The molecular formula is C21H23N3O3S. The van der Waals surface area contributed by atoms with Gasteiger partial charge >= 0.3 is 5.97 Å². The molecule has 1 unspecified atom stereocenters. The van der Waals surface area contributed by atoms with E-state index in [4.69, 9.17) is 9.72 Å². The van der Waals surface area contributed by atoms with Gasteiger partial charge in [0.15, 0.2) is 0 Å². The van der Waals surface area contributed by atoms with E-state index in [2.05, 4.69) is 29.2 Å². The van der Waals surface area contributed by atoms with E-state index in [-0.39, 0.29) is 17.4 Å². The maximum Gasteiger partial charge on any atom is 0.310 e. The third-order valence-corrected chi connectivity index (χ3v) is 6.09. The maximum absolute atomic E-state index is 12.7. The lowest BCUT2D eigenvalue weighted by atomic mass is 9.98. The van der Waals surface area contributed by atoms with Crippen molar-refractivity contribution in [2.24, 2.45) is 5.92 Å². The fourth-order valence-corrected chi connectivity index (χ4v) is 4.53. The summed E-state index contributed by atoms with van der Waals surface area (Å²) in [7, 11) is 0. The van der Waals surface area contributed by atoms with Crippen molar-refractivity contribution in [3.8, 4) is 11.1 Å². The molecule has 0 radical (unpaired) electrons. The van der Waals surface area contributed by atoms with Gasteiger partial charge in [0.2, 0.25) is 5.95 Å².